The lowest BCUT2D eigenvalue weighted by Crippen LogP contribution is -2.51. The summed E-state index contributed by atoms with van der Waals surface area (Å²) in [5.41, 5.74) is -1.29. The molecule has 0 saturated carbocycles. The van der Waals surface area contributed by atoms with Gasteiger partial charge in [-0.05, 0) is 54.4 Å². The molecule has 0 aromatic heterocycles. The lowest BCUT2D eigenvalue weighted by molar-refractivity contribution is -0.140. The van der Waals surface area contributed by atoms with Gasteiger partial charge in [0.1, 0.15) is 18.4 Å². The molecule has 13 heteroatoms. The highest BCUT2D eigenvalue weighted by molar-refractivity contribution is 7.92. The fourth-order valence-electron chi connectivity index (χ4n) is 4.01. The van der Waals surface area contributed by atoms with E-state index in [4.69, 9.17) is 11.6 Å². The fraction of sp³-hybridized carbons (Fsp3) is 0.259. The van der Waals surface area contributed by atoms with Crippen molar-refractivity contribution in [3.63, 3.8) is 0 Å². The normalized spacial score (nSPS) is 12.5. The van der Waals surface area contributed by atoms with Crippen LogP contribution >= 0.6 is 11.6 Å². The monoisotopic (exact) mass is 599 g/mol. The number of sulfonamides is 1. The van der Waals surface area contributed by atoms with E-state index in [1.54, 1.807) is 13.0 Å². The molecule has 0 spiro atoms. The molecule has 0 unspecified atom stereocenters. The van der Waals surface area contributed by atoms with Gasteiger partial charge in [-0.2, -0.15) is 13.2 Å². The summed E-state index contributed by atoms with van der Waals surface area (Å²) in [6, 6.07) is 13.5. The van der Waals surface area contributed by atoms with E-state index in [-0.39, 0.29) is 17.9 Å². The first-order chi connectivity index (χ1) is 18.8. The lowest BCUT2D eigenvalue weighted by Gasteiger charge is -2.33. The quantitative estimate of drug-likeness (QED) is 0.323. The van der Waals surface area contributed by atoms with Crippen molar-refractivity contribution < 1.29 is 35.6 Å². The van der Waals surface area contributed by atoms with Gasteiger partial charge in [-0.3, -0.25) is 13.9 Å². The Hall–Kier alpha value is -3.64. The number of carbonyl (C=O) groups excluding carboxylic acids is 2. The van der Waals surface area contributed by atoms with E-state index in [0.29, 0.717) is 15.9 Å². The third kappa shape index (κ3) is 7.11. The van der Waals surface area contributed by atoms with Crippen LogP contribution in [0.1, 0.15) is 24.5 Å². The molecule has 7 nitrogen and oxygen atoms in total. The molecule has 0 aliphatic carbocycles. The molecule has 1 N–H and O–H groups in total. The van der Waals surface area contributed by atoms with Crippen LogP contribution in [0.2, 0.25) is 5.02 Å². The summed E-state index contributed by atoms with van der Waals surface area (Å²) < 4.78 is 82.4. The molecule has 2 amide bonds. The maximum Gasteiger partial charge on any atom is 0.417 e. The van der Waals surface area contributed by atoms with E-state index < -0.39 is 62.7 Å². The van der Waals surface area contributed by atoms with Crippen LogP contribution in [0.25, 0.3) is 0 Å². The number of anilines is 1. The van der Waals surface area contributed by atoms with Crippen LogP contribution in [-0.2, 0) is 32.3 Å². The molecule has 0 saturated heterocycles. The minimum absolute atomic E-state index is 0.136. The van der Waals surface area contributed by atoms with Crippen molar-refractivity contribution in [1.29, 1.82) is 0 Å². The maximum absolute atomic E-state index is 13.8. The summed E-state index contributed by atoms with van der Waals surface area (Å²) in [5.74, 6) is -1.94. The molecule has 214 valence electrons. The zero-order chi connectivity index (χ0) is 29.7. The van der Waals surface area contributed by atoms with Crippen molar-refractivity contribution in [2.45, 2.75) is 37.0 Å². The number of hydrogen-bond acceptors (Lipinski definition) is 4. The van der Waals surface area contributed by atoms with Crippen molar-refractivity contribution in [3.8, 4) is 0 Å². The summed E-state index contributed by atoms with van der Waals surface area (Å²) >= 11 is 5.75. The number of carbonyl (C=O) groups is 2. The van der Waals surface area contributed by atoms with E-state index in [2.05, 4.69) is 5.32 Å². The Morgan fingerprint density at radius 1 is 1.00 bits per heavy atom. The highest BCUT2D eigenvalue weighted by Gasteiger charge is 2.37. The molecule has 1 atom stereocenters. The Balaban J connectivity index is 2.13. The van der Waals surface area contributed by atoms with Gasteiger partial charge in [0, 0.05) is 13.6 Å². The molecule has 3 aromatic rings. The Morgan fingerprint density at radius 2 is 1.62 bits per heavy atom. The molecule has 0 aliphatic rings. The number of nitrogens with one attached hydrogen (secondary N) is 1. The van der Waals surface area contributed by atoms with Gasteiger partial charge < -0.3 is 10.2 Å². The summed E-state index contributed by atoms with van der Waals surface area (Å²) in [6.45, 7) is 0.502. The first-order valence-corrected chi connectivity index (χ1v) is 13.8. The number of halogens is 5. The highest BCUT2D eigenvalue weighted by atomic mass is 35.5. The number of benzene rings is 3. The average molecular weight is 600 g/mol. The largest absolute Gasteiger partial charge is 0.417 e. The second-order valence-electron chi connectivity index (χ2n) is 8.67. The number of alkyl halides is 3. The van der Waals surface area contributed by atoms with Crippen molar-refractivity contribution in [3.05, 3.63) is 94.8 Å². The number of amides is 2. The van der Waals surface area contributed by atoms with Gasteiger partial charge in [-0.15, -0.1) is 0 Å². The number of likely N-dealkylation sites (N-methyl/N-ethyl adjacent to an activating group) is 1. The fourth-order valence-corrected chi connectivity index (χ4v) is 5.66. The smallest absolute Gasteiger partial charge is 0.357 e. The Labute approximate surface area is 234 Å². The van der Waals surface area contributed by atoms with E-state index in [1.807, 2.05) is 0 Å². The van der Waals surface area contributed by atoms with Crippen molar-refractivity contribution in [2.75, 3.05) is 17.9 Å². The van der Waals surface area contributed by atoms with Crippen LogP contribution in [-0.4, -0.2) is 44.8 Å². The van der Waals surface area contributed by atoms with Crippen LogP contribution in [0, 0.1) is 5.82 Å². The minimum Gasteiger partial charge on any atom is -0.357 e. The summed E-state index contributed by atoms with van der Waals surface area (Å²) in [5, 5.41) is 1.80. The Morgan fingerprint density at radius 3 is 2.17 bits per heavy atom. The van der Waals surface area contributed by atoms with Crippen LogP contribution in [0.3, 0.4) is 0 Å². The highest BCUT2D eigenvalue weighted by Crippen LogP contribution is 2.38. The van der Waals surface area contributed by atoms with Gasteiger partial charge >= 0.3 is 6.18 Å². The topological polar surface area (TPSA) is 86.8 Å². The molecular formula is C27H26ClF4N3O4S. The molecule has 40 heavy (non-hydrogen) atoms. The second-order valence-corrected chi connectivity index (χ2v) is 10.9. The zero-order valence-corrected chi connectivity index (χ0v) is 23.0. The second kappa shape index (κ2) is 12.7. The van der Waals surface area contributed by atoms with Crippen molar-refractivity contribution in [2.24, 2.45) is 0 Å². The third-order valence-corrected chi connectivity index (χ3v) is 8.17. The third-order valence-electron chi connectivity index (χ3n) is 6.05. The molecule has 0 aliphatic heterocycles. The summed E-state index contributed by atoms with van der Waals surface area (Å²) in [4.78, 5) is 27.3. The van der Waals surface area contributed by atoms with E-state index in [1.165, 1.54) is 43.4 Å². The van der Waals surface area contributed by atoms with E-state index in [9.17, 15) is 35.6 Å². The number of nitrogens with zero attached hydrogens (tertiary/aromatic N) is 2. The Kier molecular flexibility index (Phi) is 9.80. The van der Waals surface area contributed by atoms with Gasteiger partial charge in [-0.1, -0.05) is 48.9 Å². The van der Waals surface area contributed by atoms with Gasteiger partial charge in [-0.25, -0.2) is 12.8 Å². The van der Waals surface area contributed by atoms with Crippen molar-refractivity contribution in [1.82, 2.24) is 10.2 Å². The average Bonchev–Trinajstić information content (AvgIpc) is 2.92. The van der Waals surface area contributed by atoms with Crippen LogP contribution < -0.4 is 9.62 Å². The molecule has 3 rings (SSSR count). The van der Waals surface area contributed by atoms with Crippen LogP contribution in [0.15, 0.2) is 77.7 Å². The SMILES string of the molecule is CC[C@H](C(=O)NC)N(Cc1ccc(F)cc1)C(=O)CN(c1ccc(Cl)c(C(F)(F)F)c1)S(=O)(=O)c1ccccc1. The van der Waals surface area contributed by atoms with Gasteiger partial charge in [0.05, 0.1) is 21.2 Å². The van der Waals surface area contributed by atoms with Gasteiger partial charge in [0.25, 0.3) is 10.0 Å². The van der Waals surface area contributed by atoms with Crippen LogP contribution in [0.5, 0.6) is 0 Å². The van der Waals surface area contributed by atoms with Crippen molar-refractivity contribution >= 4 is 39.1 Å². The zero-order valence-electron chi connectivity index (χ0n) is 21.5. The first kappa shape index (κ1) is 30.9. The minimum atomic E-state index is -4.90. The van der Waals surface area contributed by atoms with Gasteiger partial charge in [0.15, 0.2) is 0 Å². The molecular weight excluding hydrogens is 574 g/mol. The molecule has 0 bridgehead atoms. The maximum atomic E-state index is 13.8. The predicted molar refractivity (Wildman–Crippen MR) is 143 cm³/mol. The van der Waals surface area contributed by atoms with E-state index in [0.717, 1.165) is 29.2 Å². The predicted octanol–water partition coefficient (Wildman–Crippen LogP) is 5.25. The standard InChI is InChI=1S/C27H26ClF4N3O4S/c1-3-24(26(37)33-2)34(16-18-9-11-19(29)12-10-18)25(36)17-35(40(38,39)21-7-5-4-6-8-21)20-13-14-23(28)22(15-20)27(30,31)32/h4-15,24H,3,16-17H2,1-2H3,(H,33,37)/t24-/m1/s1. The molecule has 0 heterocycles. The van der Waals surface area contributed by atoms with E-state index >= 15 is 0 Å². The van der Waals surface area contributed by atoms with Gasteiger partial charge in [0.2, 0.25) is 11.8 Å². The summed E-state index contributed by atoms with van der Waals surface area (Å²) in [7, 11) is -3.20. The summed E-state index contributed by atoms with van der Waals surface area (Å²) in [6.07, 6.45) is -4.77. The number of rotatable bonds is 10. The lowest BCUT2D eigenvalue weighted by atomic mass is 10.1. The molecule has 3 aromatic carbocycles. The first-order valence-electron chi connectivity index (χ1n) is 12.0. The number of hydrogen-bond donors (Lipinski definition) is 1. The Bertz CT molecular complexity index is 1450. The molecule has 0 fully saturated rings. The molecule has 0 radical (unpaired) electrons. The van der Waals surface area contributed by atoms with Crippen LogP contribution in [0.4, 0.5) is 23.2 Å².